The summed E-state index contributed by atoms with van der Waals surface area (Å²) in [4.78, 5) is 9.77. The number of hydrogen-bond donors (Lipinski definition) is 1. The Hall–Kier alpha value is -1.53. The van der Waals surface area contributed by atoms with E-state index in [1.165, 1.54) is 4.90 Å². The molecule has 1 saturated carbocycles. The van der Waals surface area contributed by atoms with Crippen LogP contribution in [0.5, 0.6) is 0 Å². The highest BCUT2D eigenvalue weighted by atomic mass is 19.4. The largest absolute Gasteiger partial charge is 0.405 e. The van der Waals surface area contributed by atoms with Gasteiger partial charge in [0.15, 0.2) is 0 Å². The molecule has 0 atom stereocenters. The van der Waals surface area contributed by atoms with Gasteiger partial charge in [-0.1, -0.05) is 6.92 Å². The van der Waals surface area contributed by atoms with Crippen molar-refractivity contribution in [1.29, 1.82) is 0 Å². The maximum absolute atomic E-state index is 12.7. The number of rotatable bonds is 5. The minimum atomic E-state index is -4.25. The number of nitrogens with zero attached hydrogens (tertiary/aromatic N) is 3. The van der Waals surface area contributed by atoms with Crippen molar-refractivity contribution in [2.24, 2.45) is 0 Å². The van der Waals surface area contributed by atoms with Gasteiger partial charge in [-0.2, -0.15) is 13.2 Å². The standard InChI is InChI=1S/C13H19F3N4/c1-3-4-10-18-11(17)8(2)12(19-10)20(9-5-6-9)7-13(14,15)16/h9H,3-7H2,1-2H3,(H2,17,18,19). The number of anilines is 2. The van der Waals surface area contributed by atoms with Gasteiger partial charge in [0.25, 0.3) is 0 Å². The van der Waals surface area contributed by atoms with Crippen LogP contribution < -0.4 is 10.6 Å². The van der Waals surface area contributed by atoms with E-state index < -0.39 is 12.7 Å². The smallest absolute Gasteiger partial charge is 0.383 e. The highest BCUT2D eigenvalue weighted by Crippen LogP contribution is 2.35. The molecule has 0 aliphatic heterocycles. The quantitative estimate of drug-likeness (QED) is 0.905. The molecule has 1 heterocycles. The van der Waals surface area contributed by atoms with Crippen LogP contribution in [0.2, 0.25) is 0 Å². The Morgan fingerprint density at radius 2 is 1.95 bits per heavy atom. The normalized spacial score (nSPS) is 15.4. The molecule has 0 amide bonds. The molecule has 1 aromatic heterocycles. The van der Waals surface area contributed by atoms with Crippen LogP contribution in [0.1, 0.15) is 37.6 Å². The second-order valence-corrected chi connectivity index (χ2v) is 5.20. The zero-order chi connectivity index (χ0) is 14.9. The van der Waals surface area contributed by atoms with Crippen LogP contribution in [0.3, 0.4) is 0 Å². The Kier molecular flexibility index (Phi) is 4.06. The van der Waals surface area contributed by atoms with Crippen molar-refractivity contribution in [2.45, 2.75) is 51.7 Å². The molecule has 0 saturated heterocycles. The number of alkyl halides is 3. The number of aryl methyl sites for hydroxylation is 1. The summed E-state index contributed by atoms with van der Waals surface area (Å²) in [5.41, 5.74) is 6.34. The van der Waals surface area contributed by atoms with Gasteiger partial charge in [0, 0.05) is 18.0 Å². The van der Waals surface area contributed by atoms with E-state index in [1.807, 2.05) is 6.92 Å². The molecule has 0 unspecified atom stereocenters. The molecule has 1 fully saturated rings. The monoisotopic (exact) mass is 288 g/mol. The van der Waals surface area contributed by atoms with Crippen molar-refractivity contribution in [3.8, 4) is 0 Å². The predicted octanol–water partition coefficient (Wildman–Crippen LogP) is 2.85. The highest BCUT2D eigenvalue weighted by molar-refractivity contribution is 5.57. The average Bonchev–Trinajstić information content (AvgIpc) is 3.14. The minimum Gasteiger partial charge on any atom is -0.383 e. The van der Waals surface area contributed by atoms with E-state index in [9.17, 15) is 13.2 Å². The summed E-state index contributed by atoms with van der Waals surface area (Å²) < 4.78 is 38.2. The van der Waals surface area contributed by atoms with E-state index in [2.05, 4.69) is 9.97 Å². The molecule has 20 heavy (non-hydrogen) atoms. The number of hydrogen-bond acceptors (Lipinski definition) is 4. The summed E-state index contributed by atoms with van der Waals surface area (Å²) in [5.74, 6) is 1.12. The van der Waals surface area contributed by atoms with Crippen molar-refractivity contribution < 1.29 is 13.2 Å². The van der Waals surface area contributed by atoms with E-state index in [0.717, 1.165) is 19.3 Å². The third kappa shape index (κ3) is 3.52. The third-order valence-electron chi connectivity index (χ3n) is 3.29. The van der Waals surface area contributed by atoms with Gasteiger partial charge in [0.05, 0.1) is 0 Å². The van der Waals surface area contributed by atoms with Crippen molar-refractivity contribution in [2.75, 3.05) is 17.2 Å². The molecule has 4 nitrogen and oxygen atoms in total. The molecule has 0 spiro atoms. The molecule has 2 rings (SSSR count). The lowest BCUT2D eigenvalue weighted by molar-refractivity contribution is -0.120. The number of nitrogen functional groups attached to an aromatic ring is 1. The van der Waals surface area contributed by atoms with Gasteiger partial charge in [-0.3, -0.25) is 0 Å². The fraction of sp³-hybridized carbons (Fsp3) is 0.692. The number of nitrogens with two attached hydrogens (primary N) is 1. The Morgan fingerprint density at radius 3 is 2.45 bits per heavy atom. The van der Waals surface area contributed by atoms with Crippen molar-refractivity contribution in [3.63, 3.8) is 0 Å². The second-order valence-electron chi connectivity index (χ2n) is 5.20. The lowest BCUT2D eigenvalue weighted by Crippen LogP contribution is -2.37. The SMILES string of the molecule is CCCc1nc(N)c(C)c(N(CC(F)(F)F)C2CC2)n1. The Bertz CT molecular complexity index is 483. The van der Waals surface area contributed by atoms with Crippen LogP contribution in [-0.4, -0.2) is 28.7 Å². The van der Waals surface area contributed by atoms with Gasteiger partial charge in [-0.25, -0.2) is 9.97 Å². The van der Waals surface area contributed by atoms with Gasteiger partial charge in [0.2, 0.25) is 0 Å². The highest BCUT2D eigenvalue weighted by Gasteiger charge is 2.39. The summed E-state index contributed by atoms with van der Waals surface area (Å²) in [6, 6.07) is -0.0842. The Labute approximate surface area is 116 Å². The van der Waals surface area contributed by atoms with Crippen LogP contribution in [-0.2, 0) is 6.42 Å². The van der Waals surface area contributed by atoms with Crippen LogP contribution in [0.25, 0.3) is 0 Å². The van der Waals surface area contributed by atoms with E-state index in [0.29, 0.717) is 23.6 Å². The molecule has 1 aliphatic rings. The van der Waals surface area contributed by atoms with Gasteiger partial charge < -0.3 is 10.6 Å². The van der Waals surface area contributed by atoms with E-state index >= 15 is 0 Å². The van der Waals surface area contributed by atoms with Crippen molar-refractivity contribution >= 4 is 11.6 Å². The maximum Gasteiger partial charge on any atom is 0.405 e. The van der Waals surface area contributed by atoms with E-state index in [-0.39, 0.29) is 11.9 Å². The molecule has 7 heteroatoms. The molecule has 0 radical (unpaired) electrons. The van der Waals surface area contributed by atoms with E-state index in [4.69, 9.17) is 5.73 Å². The molecule has 0 bridgehead atoms. The Morgan fingerprint density at radius 1 is 1.30 bits per heavy atom. The van der Waals surface area contributed by atoms with Crippen LogP contribution in [0.15, 0.2) is 0 Å². The zero-order valence-electron chi connectivity index (χ0n) is 11.7. The minimum absolute atomic E-state index is 0.0842. The van der Waals surface area contributed by atoms with Gasteiger partial charge in [0.1, 0.15) is 24.0 Å². The first kappa shape index (κ1) is 14.9. The zero-order valence-corrected chi connectivity index (χ0v) is 11.7. The first-order chi connectivity index (χ1) is 9.31. The summed E-state index contributed by atoms with van der Waals surface area (Å²) in [7, 11) is 0. The molecular formula is C13H19F3N4. The Balaban J connectivity index is 2.36. The molecule has 112 valence electrons. The van der Waals surface area contributed by atoms with E-state index in [1.54, 1.807) is 6.92 Å². The topological polar surface area (TPSA) is 55.0 Å². The van der Waals surface area contributed by atoms with Crippen molar-refractivity contribution in [3.05, 3.63) is 11.4 Å². The van der Waals surface area contributed by atoms with Crippen LogP contribution >= 0.6 is 0 Å². The second kappa shape index (κ2) is 5.46. The molecule has 1 aliphatic carbocycles. The number of aromatic nitrogens is 2. The predicted molar refractivity (Wildman–Crippen MR) is 71.6 cm³/mol. The first-order valence-electron chi connectivity index (χ1n) is 6.78. The van der Waals surface area contributed by atoms with Gasteiger partial charge in [-0.15, -0.1) is 0 Å². The fourth-order valence-corrected chi connectivity index (χ4v) is 2.14. The molecule has 2 N–H and O–H groups in total. The van der Waals surface area contributed by atoms with Crippen molar-refractivity contribution in [1.82, 2.24) is 9.97 Å². The molecular weight excluding hydrogens is 269 g/mol. The lowest BCUT2D eigenvalue weighted by Gasteiger charge is -2.27. The molecule has 0 aromatic carbocycles. The lowest BCUT2D eigenvalue weighted by atomic mass is 10.2. The molecule has 1 aromatic rings. The summed E-state index contributed by atoms with van der Waals surface area (Å²) in [5, 5.41) is 0. The van der Waals surface area contributed by atoms with Crippen LogP contribution in [0.4, 0.5) is 24.8 Å². The van der Waals surface area contributed by atoms with Gasteiger partial charge >= 0.3 is 6.18 Å². The summed E-state index contributed by atoms with van der Waals surface area (Å²) in [6.45, 7) is 2.65. The summed E-state index contributed by atoms with van der Waals surface area (Å²) >= 11 is 0. The fourth-order valence-electron chi connectivity index (χ4n) is 2.14. The first-order valence-corrected chi connectivity index (χ1v) is 6.78. The average molecular weight is 288 g/mol. The van der Waals surface area contributed by atoms with Crippen LogP contribution in [0, 0.1) is 6.92 Å². The van der Waals surface area contributed by atoms with Gasteiger partial charge in [-0.05, 0) is 26.2 Å². The third-order valence-corrected chi connectivity index (χ3v) is 3.29. The summed E-state index contributed by atoms with van der Waals surface area (Å²) in [6.07, 6.45) is -1.28. The number of halogens is 3. The maximum atomic E-state index is 12.7.